The number of anilines is 1. The average Bonchev–Trinajstić information content (AvgIpc) is 2.37. The highest BCUT2D eigenvalue weighted by atomic mass is 32.2. The second-order valence-corrected chi connectivity index (χ2v) is 6.15. The first-order valence-electron chi connectivity index (χ1n) is 6.14. The second kappa shape index (κ2) is 7.15. The highest BCUT2D eigenvalue weighted by Gasteiger charge is 2.15. The lowest BCUT2D eigenvalue weighted by Crippen LogP contribution is -2.31. The van der Waals surface area contributed by atoms with Crippen LogP contribution in [0, 0.1) is 10.1 Å². The molecule has 0 aliphatic carbocycles. The molecule has 0 saturated heterocycles. The molecular weight excluding hydrogens is 284 g/mol. The molecule has 8 nitrogen and oxygen atoms in total. The first-order chi connectivity index (χ1) is 9.36. The Hall–Kier alpha value is -1.74. The zero-order valence-electron chi connectivity index (χ0n) is 11.4. The third-order valence-corrected chi connectivity index (χ3v) is 4.06. The van der Waals surface area contributed by atoms with Gasteiger partial charge in [-0.2, -0.15) is 0 Å². The summed E-state index contributed by atoms with van der Waals surface area (Å²) >= 11 is 0. The molecule has 0 aliphatic rings. The minimum absolute atomic E-state index is 0.233. The van der Waals surface area contributed by atoms with Gasteiger partial charge in [-0.05, 0) is 28.5 Å². The first-order valence-corrected chi connectivity index (χ1v) is 7.99. The minimum atomic E-state index is -3.20. The molecule has 0 amide bonds. The number of aromatic nitrogens is 1. The van der Waals surface area contributed by atoms with E-state index in [1.807, 2.05) is 0 Å². The van der Waals surface area contributed by atoms with E-state index in [1.165, 1.54) is 10.5 Å². The van der Waals surface area contributed by atoms with Crippen LogP contribution < -0.4 is 5.32 Å². The van der Waals surface area contributed by atoms with E-state index in [-0.39, 0.29) is 5.82 Å². The second-order valence-electron chi connectivity index (χ2n) is 4.17. The van der Waals surface area contributed by atoms with E-state index in [4.69, 9.17) is 0 Å². The molecule has 112 valence electrons. The molecule has 0 spiro atoms. The third kappa shape index (κ3) is 4.74. The van der Waals surface area contributed by atoms with Crippen molar-refractivity contribution in [2.24, 2.45) is 0 Å². The van der Waals surface area contributed by atoms with Gasteiger partial charge in [0.1, 0.15) is 11.9 Å². The predicted octanol–water partition coefficient (Wildman–Crippen LogP) is 1.07. The van der Waals surface area contributed by atoms with Crippen LogP contribution in [0.4, 0.5) is 11.5 Å². The largest absolute Gasteiger partial charge is 0.386 e. The van der Waals surface area contributed by atoms with Crippen LogP contribution in [0.1, 0.15) is 13.3 Å². The molecule has 0 aliphatic heterocycles. The van der Waals surface area contributed by atoms with Crippen LogP contribution in [0.5, 0.6) is 0 Å². The van der Waals surface area contributed by atoms with Gasteiger partial charge in [0.05, 0.1) is 6.26 Å². The first kappa shape index (κ1) is 16.3. The molecule has 0 radical (unpaired) electrons. The lowest BCUT2D eigenvalue weighted by Gasteiger charge is -2.17. The molecule has 1 N–H and O–H groups in total. The quantitative estimate of drug-likeness (QED) is 0.437. The van der Waals surface area contributed by atoms with Crippen molar-refractivity contribution in [3.63, 3.8) is 0 Å². The van der Waals surface area contributed by atoms with E-state index >= 15 is 0 Å². The fourth-order valence-corrected chi connectivity index (χ4v) is 2.65. The van der Waals surface area contributed by atoms with Crippen LogP contribution >= 0.6 is 0 Å². The summed E-state index contributed by atoms with van der Waals surface area (Å²) in [6.07, 6.45) is 3.06. The fraction of sp³-hybridized carbons (Fsp3) is 0.545. The Morgan fingerprint density at radius 3 is 2.75 bits per heavy atom. The van der Waals surface area contributed by atoms with Gasteiger partial charge in [-0.1, -0.05) is 6.92 Å². The Morgan fingerprint density at radius 1 is 1.50 bits per heavy atom. The zero-order valence-corrected chi connectivity index (χ0v) is 12.3. The maximum absolute atomic E-state index is 11.4. The highest BCUT2D eigenvalue weighted by molar-refractivity contribution is 7.88. The highest BCUT2D eigenvalue weighted by Crippen LogP contribution is 2.19. The molecule has 0 saturated carbocycles. The van der Waals surface area contributed by atoms with Gasteiger partial charge in [0.2, 0.25) is 10.0 Å². The standard InChI is InChI=1S/C11H18N4O4S/c1-3-14(20(2,18)19)9-5-8-12-10-6-4-7-13-11(10)15(16)17/h4,6-7,12H,3,5,8-9H2,1-2H3. The van der Waals surface area contributed by atoms with Crippen molar-refractivity contribution >= 4 is 21.5 Å². The van der Waals surface area contributed by atoms with Crippen molar-refractivity contribution in [1.29, 1.82) is 0 Å². The van der Waals surface area contributed by atoms with Crippen molar-refractivity contribution in [3.8, 4) is 0 Å². The van der Waals surface area contributed by atoms with Crippen molar-refractivity contribution < 1.29 is 13.3 Å². The molecule has 1 aromatic rings. The van der Waals surface area contributed by atoms with Gasteiger partial charge >= 0.3 is 5.82 Å². The molecule has 9 heteroatoms. The number of hydrogen-bond donors (Lipinski definition) is 1. The van der Waals surface area contributed by atoms with Crippen LogP contribution in [-0.4, -0.2) is 48.5 Å². The van der Waals surface area contributed by atoms with Crippen molar-refractivity contribution in [3.05, 3.63) is 28.4 Å². The van der Waals surface area contributed by atoms with Crippen LogP contribution in [0.2, 0.25) is 0 Å². The summed E-state index contributed by atoms with van der Waals surface area (Å²) in [7, 11) is -3.20. The summed E-state index contributed by atoms with van der Waals surface area (Å²) < 4.78 is 24.1. The molecule has 0 fully saturated rings. The van der Waals surface area contributed by atoms with Crippen molar-refractivity contribution in [2.75, 3.05) is 31.2 Å². The van der Waals surface area contributed by atoms with Crippen molar-refractivity contribution in [2.45, 2.75) is 13.3 Å². The van der Waals surface area contributed by atoms with Gasteiger partial charge < -0.3 is 15.4 Å². The molecular formula is C11H18N4O4S. The summed E-state index contributed by atoms with van der Waals surface area (Å²) in [5, 5.41) is 13.7. The Labute approximate surface area is 118 Å². The molecule has 1 rings (SSSR count). The predicted molar refractivity (Wildman–Crippen MR) is 76.1 cm³/mol. The Bertz CT molecular complexity index is 561. The van der Waals surface area contributed by atoms with Crippen molar-refractivity contribution in [1.82, 2.24) is 9.29 Å². The Kier molecular flexibility index (Phi) is 5.83. The van der Waals surface area contributed by atoms with E-state index in [9.17, 15) is 18.5 Å². The Balaban J connectivity index is 2.52. The van der Waals surface area contributed by atoms with Gasteiger partial charge in [0.15, 0.2) is 0 Å². The molecule has 0 unspecified atom stereocenters. The van der Waals surface area contributed by atoms with Crippen LogP contribution in [0.25, 0.3) is 0 Å². The van der Waals surface area contributed by atoms with Crippen LogP contribution in [-0.2, 0) is 10.0 Å². The number of hydrogen-bond acceptors (Lipinski definition) is 6. The smallest absolute Gasteiger partial charge is 0.378 e. The lowest BCUT2D eigenvalue weighted by atomic mass is 10.3. The van der Waals surface area contributed by atoms with Gasteiger partial charge in [-0.15, -0.1) is 0 Å². The topological polar surface area (TPSA) is 105 Å². The van der Waals surface area contributed by atoms with E-state index in [1.54, 1.807) is 19.1 Å². The van der Waals surface area contributed by atoms with Gasteiger partial charge in [0, 0.05) is 19.6 Å². The number of sulfonamides is 1. The van der Waals surface area contributed by atoms with E-state index in [2.05, 4.69) is 10.3 Å². The lowest BCUT2D eigenvalue weighted by molar-refractivity contribution is -0.388. The average molecular weight is 302 g/mol. The monoisotopic (exact) mass is 302 g/mol. The van der Waals surface area contributed by atoms with Crippen LogP contribution in [0.3, 0.4) is 0 Å². The van der Waals surface area contributed by atoms with E-state index in [0.29, 0.717) is 31.7 Å². The maximum Gasteiger partial charge on any atom is 0.386 e. The number of pyridine rings is 1. The summed E-state index contributed by atoms with van der Waals surface area (Å²) in [5.41, 5.74) is 0.333. The molecule has 20 heavy (non-hydrogen) atoms. The summed E-state index contributed by atoms with van der Waals surface area (Å²) in [6, 6.07) is 3.17. The van der Waals surface area contributed by atoms with Gasteiger partial charge in [-0.25, -0.2) is 12.7 Å². The SMILES string of the molecule is CCN(CCCNc1cccnc1[N+](=O)[O-])S(C)(=O)=O. The Morgan fingerprint density at radius 2 is 2.20 bits per heavy atom. The normalized spacial score (nSPS) is 11.6. The summed E-state index contributed by atoms with van der Waals surface area (Å²) in [4.78, 5) is 13.9. The fourth-order valence-electron chi connectivity index (χ4n) is 1.72. The maximum atomic E-state index is 11.4. The minimum Gasteiger partial charge on any atom is -0.378 e. The number of nitrogens with one attached hydrogen (secondary N) is 1. The third-order valence-electron chi connectivity index (χ3n) is 2.68. The summed E-state index contributed by atoms with van der Waals surface area (Å²) in [5.74, 6) is -0.233. The van der Waals surface area contributed by atoms with Gasteiger partial charge in [0.25, 0.3) is 0 Å². The molecule has 0 aromatic carbocycles. The van der Waals surface area contributed by atoms with E-state index in [0.717, 1.165) is 6.26 Å². The van der Waals surface area contributed by atoms with Gasteiger partial charge in [-0.3, -0.25) is 0 Å². The molecule has 0 atom stereocenters. The summed E-state index contributed by atoms with van der Waals surface area (Å²) in [6.45, 7) is 2.97. The van der Waals surface area contributed by atoms with Crippen LogP contribution in [0.15, 0.2) is 18.3 Å². The number of nitro groups is 1. The zero-order chi connectivity index (χ0) is 15.2. The number of rotatable bonds is 8. The van der Waals surface area contributed by atoms with E-state index < -0.39 is 14.9 Å². The molecule has 1 aromatic heterocycles. The molecule has 0 bridgehead atoms. The molecule has 1 heterocycles. The number of nitrogens with zero attached hydrogens (tertiary/aromatic N) is 3.